The van der Waals surface area contributed by atoms with Crippen LogP contribution in [0.3, 0.4) is 0 Å². The van der Waals surface area contributed by atoms with Gasteiger partial charge in [-0.1, -0.05) is 36.6 Å². The molecule has 1 aromatic rings. The molecule has 1 aromatic carbocycles. The molecule has 3 atom stereocenters. The standard InChI is InChI=1S/C19H26N2O2/c1-13-8-9-15(14(2)10-13)11-20(3)12-21-18(22)16-6-4-5-7-17(16)19(21)23/h8-10,16-17H,4-7,11-12H2,1-3H3/p+1/t16-,17-/m0/s1. The van der Waals surface area contributed by atoms with Crippen molar-refractivity contribution in [2.75, 3.05) is 13.7 Å². The maximum Gasteiger partial charge on any atom is 0.237 e. The van der Waals surface area contributed by atoms with Gasteiger partial charge in [-0.3, -0.25) is 9.59 Å². The molecule has 4 nitrogen and oxygen atoms in total. The Morgan fingerprint density at radius 2 is 1.70 bits per heavy atom. The zero-order chi connectivity index (χ0) is 16.6. The van der Waals surface area contributed by atoms with Crippen molar-refractivity contribution in [3.63, 3.8) is 0 Å². The second kappa shape index (κ2) is 6.44. The summed E-state index contributed by atoms with van der Waals surface area (Å²) in [5.74, 6) is 0.0645. The van der Waals surface area contributed by atoms with Crippen LogP contribution < -0.4 is 4.90 Å². The lowest BCUT2D eigenvalue weighted by molar-refractivity contribution is -0.901. The average molecular weight is 315 g/mol. The molecule has 1 aliphatic carbocycles. The van der Waals surface area contributed by atoms with E-state index < -0.39 is 0 Å². The number of rotatable bonds is 4. The molecule has 2 fully saturated rings. The van der Waals surface area contributed by atoms with Crippen molar-refractivity contribution >= 4 is 11.8 Å². The summed E-state index contributed by atoms with van der Waals surface area (Å²) in [6.45, 7) is 5.53. The lowest BCUT2D eigenvalue weighted by atomic mass is 9.81. The number of hydrogen-bond acceptors (Lipinski definition) is 2. The number of fused-ring (bicyclic) bond motifs is 1. The van der Waals surface area contributed by atoms with E-state index in [4.69, 9.17) is 0 Å². The van der Waals surface area contributed by atoms with E-state index in [1.165, 1.54) is 26.5 Å². The van der Waals surface area contributed by atoms with E-state index in [2.05, 4.69) is 39.1 Å². The number of nitrogens with zero attached hydrogens (tertiary/aromatic N) is 1. The fourth-order valence-corrected chi connectivity index (χ4v) is 4.08. The van der Waals surface area contributed by atoms with Gasteiger partial charge in [0.25, 0.3) is 0 Å². The first kappa shape index (κ1) is 16.2. The molecular formula is C19H27N2O2+. The maximum atomic E-state index is 12.5. The summed E-state index contributed by atoms with van der Waals surface area (Å²) in [6, 6.07) is 6.46. The molecule has 1 unspecified atom stereocenters. The summed E-state index contributed by atoms with van der Waals surface area (Å²) in [5, 5.41) is 0. The van der Waals surface area contributed by atoms with Crippen LogP contribution in [0.2, 0.25) is 0 Å². The highest BCUT2D eigenvalue weighted by Crippen LogP contribution is 2.37. The highest BCUT2D eigenvalue weighted by molar-refractivity contribution is 6.05. The fourth-order valence-electron chi connectivity index (χ4n) is 4.08. The lowest BCUT2D eigenvalue weighted by Crippen LogP contribution is -3.09. The first-order valence-corrected chi connectivity index (χ1v) is 8.70. The van der Waals surface area contributed by atoms with Gasteiger partial charge in [0.1, 0.15) is 6.54 Å². The quantitative estimate of drug-likeness (QED) is 0.855. The van der Waals surface area contributed by atoms with Crippen LogP contribution in [0, 0.1) is 25.7 Å². The highest BCUT2D eigenvalue weighted by atomic mass is 16.2. The maximum absolute atomic E-state index is 12.5. The molecule has 1 N–H and O–H groups in total. The minimum absolute atomic E-state index is 0.0369. The molecule has 23 heavy (non-hydrogen) atoms. The fraction of sp³-hybridized carbons (Fsp3) is 0.579. The average Bonchev–Trinajstić information content (AvgIpc) is 2.76. The predicted molar refractivity (Wildman–Crippen MR) is 88.7 cm³/mol. The van der Waals surface area contributed by atoms with E-state index in [1.807, 2.05) is 0 Å². The van der Waals surface area contributed by atoms with Gasteiger partial charge < -0.3 is 4.90 Å². The molecule has 4 heteroatoms. The van der Waals surface area contributed by atoms with Gasteiger partial charge in [0.05, 0.1) is 18.9 Å². The topological polar surface area (TPSA) is 41.8 Å². The normalized spacial score (nSPS) is 25.6. The molecule has 0 aromatic heterocycles. The number of benzene rings is 1. The Balaban J connectivity index is 1.66. The Labute approximate surface area is 138 Å². The van der Waals surface area contributed by atoms with Gasteiger partial charge in [-0.25, -0.2) is 4.90 Å². The lowest BCUT2D eigenvalue weighted by Gasteiger charge is -2.21. The van der Waals surface area contributed by atoms with E-state index >= 15 is 0 Å². The number of likely N-dealkylation sites (tertiary alicyclic amines) is 1. The summed E-state index contributed by atoms with van der Waals surface area (Å²) in [4.78, 5) is 27.8. The van der Waals surface area contributed by atoms with E-state index in [0.717, 1.165) is 32.2 Å². The second-order valence-electron chi connectivity index (χ2n) is 7.32. The number of amides is 2. The summed E-state index contributed by atoms with van der Waals surface area (Å²) in [7, 11) is 2.06. The largest absolute Gasteiger partial charge is 0.316 e. The molecule has 1 saturated carbocycles. The third-order valence-corrected chi connectivity index (χ3v) is 5.35. The number of carbonyl (C=O) groups excluding carboxylic acids is 2. The molecule has 1 saturated heterocycles. The molecule has 124 valence electrons. The van der Waals surface area contributed by atoms with Gasteiger partial charge in [0.15, 0.2) is 6.67 Å². The number of hydrogen-bond donors (Lipinski definition) is 1. The van der Waals surface area contributed by atoms with Crippen LogP contribution in [-0.2, 0) is 16.1 Å². The van der Waals surface area contributed by atoms with Crippen molar-refractivity contribution in [1.29, 1.82) is 0 Å². The van der Waals surface area contributed by atoms with Crippen molar-refractivity contribution in [1.82, 2.24) is 4.90 Å². The van der Waals surface area contributed by atoms with E-state index in [0.29, 0.717) is 6.67 Å². The van der Waals surface area contributed by atoms with Crippen LogP contribution in [0.1, 0.15) is 42.4 Å². The smallest absolute Gasteiger partial charge is 0.237 e. The van der Waals surface area contributed by atoms with Crippen LogP contribution in [0.5, 0.6) is 0 Å². The molecule has 2 amide bonds. The van der Waals surface area contributed by atoms with Crippen molar-refractivity contribution in [2.24, 2.45) is 11.8 Å². The zero-order valence-electron chi connectivity index (χ0n) is 14.4. The van der Waals surface area contributed by atoms with Crippen molar-refractivity contribution in [2.45, 2.75) is 46.1 Å². The Hall–Kier alpha value is -1.68. The second-order valence-corrected chi connectivity index (χ2v) is 7.32. The number of nitrogens with one attached hydrogen (secondary N) is 1. The summed E-state index contributed by atoms with van der Waals surface area (Å²) < 4.78 is 0. The number of quaternary nitrogens is 1. The zero-order valence-corrected chi connectivity index (χ0v) is 14.4. The molecule has 0 radical (unpaired) electrons. The minimum atomic E-state index is -0.0369. The molecule has 0 bridgehead atoms. The molecular weight excluding hydrogens is 288 g/mol. The first-order valence-electron chi connectivity index (χ1n) is 8.70. The SMILES string of the molecule is Cc1ccc(C[NH+](C)CN2C(=O)[C@H]3CCCC[C@@H]3C2=O)c(C)c1. The first-order chi connectivity index (χ1) is 11.0. The Bertz CT molecular complexity index is 602. The summed E-state index contributed by atoms with van der Waals surface area (Å²) in [5.41, 5.74) is 3.82. The monoisotopic (exact) mass is 315 g/mol. The Morgan fingerprint density at radius 1 is 1.09 bits per heavy atom. The molecule has 2 aliphatic rings. The van der Waals surface area contributed by atoms with Crippen LogP contribution in [0.4, 0.5) is 0 Å². The van der Waals surface area contributed by atoms with Crippen LogP contribution in [-0.4, -0.2) is 30.4 Å². The number of imide groups is 1. The van der Waals surface area contributed by atoms with Crippen LogP contribution in [0.15, 0.2) is 18.2 Å². The van der Waals surface area contributed by atoms with Crippen LogP contribution >= 0.6 is 0 Å². The molecule has 1 aliphatic heterocycles. The van der Waals surface area contributed by atoms with Gasteiger partial charge in [-0.05, 0) is 32.3 Å². The molecule has 3 rings (SSSR count). The van der Waals surface area contributed by atoms with Gasteiger partial charge >= 0.3 is 0 Å². The third kappa shape index (κ3) is 3.18. The number of aryl methyl sites for hydroxylation is 2. The summed E-state index contributed by atoms with van der Waals surface area (Å²) >= 11 is 0. The van der Waals surface area contributed by atoms with Gasteiger partial charge in [-0.15, -0.1) is 0 Å². The minimum Gasteiger partial charge on any atom is -0.316 e. The van der Waals surface area contributed by atoms with Gasteiger partial charge in [0, 0.05) is 5.56 Å². The van der Waals surface area contributed by atoms with E-state index in [1.54, 1.807) is 0 Å². The highest BCUT2D eigenvalue weighted by Gasteiger charge is 2.48. The Kier molecular flexibility index (Phi) is 4.53. The van der Waals surface area contributed by atoms with Crippen molar-refractivity contribution < 1.29 is 14.5 Å². The van der Waals surface area contributed by atoms with E-state index in [9.17, 15) is 9.59 Å². The van der Waals surface area contributed by atoms with Crippen molar-refractivity contribution in [3.8, 4) is 0 Å². The molecule has 1 heterocycles. The van der Waals surface area contributed by atoms with Crippen molar-refractivity contribution in [3.05, 3.63) is 34.9 Å². The van der Waals surface area contributed by atoms with Gasteiger partial charge in [0.2, 0.25) is 11.8 Å². The van der Waals surface area contributed by atoms with E-state index in [-0.39, 0.29) is 23.7 Å². The third-order valence-electron chi connectivity index (χ3n) is 5.35. The predicted octanol–water partition coefficient (Wildman–Crippen LogP) is 1.45. The van der Waals surface area contributed by atoms with Crippen LogP contribution in [0.25, 0.3) is 0 Å². The molecule has 0 spiro atoms. The van der Waals surface area contributed by atoms with Gasteiger partial charge in [-0.2, -0.15) is 0 Å². The Morgan fingerprint density at radius 3 is 2.26 bits per heavy atom. The number of carbonyl (C=O) groups is 2. The summed E-state index contributed by atoms with van der Waals surface area (Å²) in [6.07, 6.45) is 3.95.